The van der Waals surface area contributed by atoms with Gasteiger partial charge < -0.3 is 4.52 Å². The fourth-order valence-corrected chi connectivity index (χ4v) is 1.63. The molecule has 0 radical (unpaired) electrons. The van der Waals surface area contributed by atoms with Gasteiger partial charge in [0.05, 0.1) is 17.8 Å². The Hall–Kier alpha value is -1.65. The molecule has 0 saturated heterocycles. The van der Waals surface area contributed by atoms with E-state index in [-0.39, 0.29) is 5.41 Å². The van der Waals surface area contributed by atoms with Gasteiger partial charge in [0.15, 0.2) is 5.82 Å². The number of aromatic nitrogens is 4. The Balaban J connectivity index is 1.89. The maximum Gasteiger partial charge on any atom is 0.261 e. The first-order valence-electron chi connectivity index (χ1n) is 5.93. The second kappa shape index (κ2) is 3.42. The topological polar surface area (TPSA) is 56.7 Å². The van der Waals surface area contributed by atoms with Crippen molar-refractivity contribution in [2.75, 3.05) is 0 Å². The predicted octanol–water partition coefficient (Wildman–Crippen LogP) is 2.57. The molecule has 0 bridgehead atoms. The van der Waals surface area contributed by atoms with Crippen molar-refractivity contribution in [1.82, 2.24) is 19.9 Å². The van der Waals surface area contributed by atoms with E-state index in [0.717, 1.165) is 11.4 Å². The molecule has 2 aromatic rings. The van der Waals surface area contributed by atoms with E-state index in [9.17, 15) is 0 Å². The van der Waals surface area contributed by atoms with Crippen molar-refractivity contribution in [1.29, 1.82) is 0 Å². The molecule has 1 fully saturated rings. The zero-order chi connectivity index (χ0) is 12.0. The lowest BCUT2D eigenvalue weighted by atomic mass is 9.96. The van der Waals surface area contributed by atoms with Gasteiger partial charge in [0.2, 0.25) is 0 Å². The van der Waals surface area contributed by atoms with Crippen LogP contribution in [0.2, 0.25) is 0 Å². The fourth-order valence-electron chi connectivity index (χ4n) is 1.63. The molecule has 2 heterocycles. The first-order chi connectivity index (χ1) is 8.04. The molecule has 1 aliphatic rings. The zero-order valence-electron chi connectivity index (χ0n) is 10.3. The molecule has 5 heteroatoms. The van der Waals surface area contributed by atoms with Crippen LogP contribution in [-0.4, -0.2) is 19.9 Å². The Kier molecular flexibility index (Phi) is 2.11. The normalized spacial score (nSPS) is 16.4. The lowest BCUT2D eigenvalue weighted by Crippen LogP contribution is -2.13. The molecule has 3 rings (SSSR count). The molecule has 0 aromatic carbocycles. The Morgan fingerprint density at radius 1 is 1.35 bits per heavy atom. The van der Waals surface area contributed by atoms with Gasteiger partial charge in [0.25, 0.3) is 5.89 Å². The average molecular weight is 232 g/mol. The summed E-state index contributed by atoms with van der Waals surface area (Å²) >= 11 is 0. The molecule has 5 nitrogen and oxygen atoms in total. The maximum absolute atomic E-state index is 5.28. The summed E-state index contributed by atoms with van der Waals surface area (Å²) in [4.78, 5) is 4.41. The molecule has 0 spiro atoms. The molecule has 1 aliphatic carbocycles. The van der Waals surface area contributed by atoms with Gasteiger partial charge in [-0.3, -0.25) is 4.68 Å². The Morgan fingerprint density at radius 2 is 2.12 bits per heavy atom. The second-order valence-corrected chi connectivity index (χ2v) is 5.61. The molecule has 90 valence electrons. The Labute approximate surface area is 99.8 Å². The molecule has 0 aliphatic heterocycles. The molecule has 0 amide bonds. The monoisotopic (exact) mass is 232 g/mol. The van der Waals surface area contributed by atoms with E-state index in [0.29, 0.717) is 11.9 Å². The third kappa shape index (κ3) is 1.97. The first kappa shape index (κ1) is 10.5. The summed E-state index contributed by atoms with van der Waals surface area (Å²) in [6.07, 6.45) is 6.21. The molecule has 2 aromatic heterocycles. The lowest BCUT2D eigenvalue weighted by molar-refractivity contribution is 0.402. The van der Waals surface area contributed by atoms with Crippen molar-refractivity contribution >= 4 is 0 Å². The summed E-state index contributed by atoms with van der Waals surface area (Å²) in [7, 11) is 0. The second-order valence-electron chi connectivity index (χ2n) is 5.61. The van der Waals surface area contributed by atoms with Gasteiger partial charge in [-0.1, -0.05) is 25.9 Å². The smallest absolute Gasteiger partial charge is 0.261 e. The SMILES string of the molecule is CC(C)(C)c1noc(-c2cnn(C3CC3)c2)n1. The van der Waals surface area contributed by atoms with Gasteiger partial charge in [0, 0.05) is 11.6 Å². The van der Waals surface area contributed by atoms with E-state index in [1.54, 1.807) is 6.20 Å². The molecule has 17 heavy (non-hydrogen) atoms. The average Bonchev–Trinajstić information content (AvgIpc) is 2.82. The van der Waals surface area contributed by atoms with Crippen molar-refractivity contribution in [2.24, 2.45) is 0 Å². The summed E-state index contributed by atoms with van der Waals surface area (Å²) in [5.41, 5.74) is 0.814. The summed E-state index contributed by atoms with van der Waals surface area (Å²) in [5.74, 6) is 1.29. The van der Waals surface area contributed by atoms with Gasteiger partial charge in [-0.05, 0) is 12.8 Å². The van der Waals surface area contributed by atoms with E-state index in [1.165, 1.54) is 12.8 Å². The van der Waals surface area contributed by atoms with Gasteiger partial charge in [-0.15, -0.1) is 0 Å². The third-order valence-electron chi connectivity index (χ3n) is 2.87. The standard InChI is InChI=1S/C12H16N4O/c1-12(2,3)11-14-10(17-15-11)8-6-13-16(7-8)9-4-5-9/h6-7,9H,4-5H2,1-3H3. The van der Waals surface area contributed by atoms with Crippen LogP contribution in [0.4, 0.5) is 0 Å². The van der Waals surface area contributed by atoms with Gasteiger partial charge in [0.1, 0.15) is 0 Å². The van der Waals surface area contributed by atoms with E-state index in [2.05, 4.69) is 36.0 Å². The van der Waals surface area contributed by atoms with Crippen LogP contribution in [0.15, 0.2) is 16.9 Å². The van der Waals surface area contributed by atoms with Crippen molar-refractivity contribution in [2.45, 2.75) is 45.1 Å². The highest BCUT2D eigenvalue weighted by atomic mass is 16.5. The van der Waals surface area contributed by atoms with Crippen molar-refractivity contribution < 1.29 is 4.52 Å². The van der Waals surface area contributed by atoms with Crippen LogP contribution in [0.1, 0.15) is 45.5 Å². The molecule has 1 saturated carbocycles. The Bertz CT molecular complexity index is 531. The van der Waals surface area contributed by atoms with Crippen molar-refractivity contribution in [3.63, 3.8) is 0 Å². The zero-order valence-corrected chi connectivity index (χ0v) is 10.3. The van der Waals surface area contributed by atoms with Crippen molar-refractivity contribution in [3.8, 4) is 11.5 Å². The van der Waals surface area contributed by atoms with Crippen LogP contribution >= 0.6 is 0 Å². The molecular formula is C12H16N4O. The molecule has 0 N–H and O–H groups in total. The predicted molar refractivity (Wildman–Crippen MR) is 62.5 cm³/mol. The van der Waals surface area contributed by atoms with Gasteiger partial charge >= 0.3 is 0 Å². The summed E-state index contributed by atoms with van der Waals surface area (Å²) < 4.78 is 7.26. The van der Waals surface area contributed by atoms with E-state index in [4.69, 9.17) is 4.52 Å². The van der Waals surface area contributed by atoms with E-state index < -0.39 is 0 Å². The summed E-state index contributed by atoms with van der Waals surface area (Å²) in [6.45, 7) is 6.19. The highest BCUT2D eigenvalue weighted by Gasteiger charge is 2.26. The summed E-state index contributed by atoms with van der Waals surface area (Å²) in [5, 5.41) is 8.33. The van der Waals surface area contributed by atoms with Crippen LogP contribution in [0.25, 0.3) is 11.5 Å². The van der Waals surface area contributed by atoms with Crippen LogP contribution in [0.3, 0.4) is 0 Å². The highest BCUT2D eigenvalue weighted by molar-refractivity contribution is 5.49. The van der Waals surface area contributed by atoms with Crippen LogP contribution < -0.4 is 0 Å². The lowest BCUT2D eigenvalue weighted by Gasteiger charge is -2.10. The molecular weight excluding hydrogens is 216 g/mol. The number of nitrogens with zero attached hydrogens (tertiary/aromatic N) is 4. The van der Waals surface area contributed by atoms with Gasteiger partial charge in [-0.2, -0.15) is 10.1 Å². The number of hydrogen-bond donors (Lipinski definition) is 0. The minimum Gasteiger partial charge on any atom is -0.334 e. The highest BCUT2D eigenvalue weighted by Crippen LogP contribution is 2.35. The van der Waals surface area contributed by atoms with Gasteiger partial charge in [-0.25, -0.2) is 0 Å². The first-order valence-corrected chi connectivity index (χ1v) is 5.93. The summed E-state index contributed by atoms with van der Waals surface area (Å²) in [6, 6.07) is 0.578. The quantitative estimate of drug-likeness (QED) is 0.798. The van der Waals surface area contributed by atoms with E-state index >= 15 is 0 Å². The number of rotatable bonds is 2. The minimum atomic E-state index is -0.0891. The van der Waals surface area contributed by atoms with Crippen molar-refractivity contribution in [3.05, 3.63) is 18.2 Å². The molecule has 0 unspecified atom stereocenters. The Morgan fingerprint density at radius 3 is 2.71 bits per heavy atom. The van der Waals surface area contributed by atoms with Crippen LogP contribution in [0.5, 0.6) is 0 Å². The van der Waals surface area contributed by atoms with Crippen LogP contribution in [-0.2, 0) is 5.41 Å². The largest absolute Gasteiger partial charge is 0.334 e. The number of hydrogen-bond acceptors (Lipinski definition) is 4. The fraction of sp³-hybridized carbons (Fsp3) is 0.583. The van der Waals surface area contributed by atoms with Crippen LogP contribution in [0, 0.1) is 0 Å². The molecule has 0 atom stereocenters. The maximum atomic E-state index is 5.28. The van der Waals surface area contributed by atoms with E-state index in [1.807, 2.05) is 10.9 Å². The minimum absolute atomic E-state index is 0.0891. The third-order valence-corrected chi connectivity index (χ3v) is 2.87.